The van der Waals surface area contributed by atoms with E-state index in [1.165, 1.54) is 11.9 Å². The van der Waals surface area contributed by atoms with Gasteiger partial charge in [0.15, 0.2) is 0 Å². The topological polar surface area (TPSA) is 35.0 Å². The van der Waals surface area contributed by atoms with Crippen molar-refractivity contribution >= 4 is 11.6 Å². The molecular formula is C15H17ClN2O. The third kappa shape index (κ3) is 3.04. The number of hydrogen-bond acceptors (Lipinski definition) is 3. The summed E-state index contributed by atoms with van der Waals surface area (Å²) in [5, 5.41) is 0.419. The predicted molar refractivity (Wildman–Crippen MR) is 77.1 cm³/mol. The number of aromatic nitrogens is 2. The van der Waals surface area contributed by atoms with Gasteiger partial charge < -0.3 is 4.74 Å². The van der Waals surface area contributed by atoms with Crippen LogP contribution in [0, 0.1) is 13.8 Å². The van der Waals surface area contributed by atoms with Crippen LogP contribution in [-0.2, 0) is 0 Å². The zero-order valence-electron chi connectivity index (χ0n) is 11.6. The molecule has 0 atom stereocenters. The van der Waals surface area contributed by atoms with Crippen LogP contribution in [0.15, 0.2) is 24.5 Å². The Morgan fingerprint density at radius 3 is 2.58 bits per heavy atom. The molecule has 2 rings (SSSR count). The van der Waals surface area contributed by atoms with E-state index in [0.29, 0.717) is 17.0 Å². The standard InChI is InChI=1S/C15H17ClN2O/c1-9(2)12-6-5-10(3)13(7-12)19-15-11(4)14(16)17-8-18-15/h5-9H,1-4H3. The largest absolute Gasteiger partial charge is 0.438 e. The average molecular weight is 277 g/mol. The molecule has 0 saturated carbocycles. The molecule has 0 aliphatic rings. The van der Waals surface area contributed by atoms with Crippen LogP contribution in [0.2, 0.25) is 5.15 Å². The number of aryl methyl sites for hydroxylation is 1. The summed E-state index contributed by atoms with van der Waals surface area (Å²) in [6.45, 7) is 8.17. The number of hydrogen-bond donors (Lipinski definition) is 0. The summed E-state index contributed by atoms with van der Waals surface area (Å²) in [5.74, 6) is 1.77. The summed E-state index contributed by atoms with van der Waals surface area (Å²) in [7, 11) is 0. The molecule has 0 N–H and O–H groups in total. The number of rotatable bonds is 3. The van der Waals surface area contributed by atoms with E-state index in [9.17, 15) is 0 Å². The number of halogens is 1. The summed E-state index contributed by atoms with van der Waals surface area (Å²) in [4.78, 5) is 8.06. The second-order valence-corrected chi connectivity index (χ2v) is 5.23. The summed E-state index contributed by atoms with van der Waals surface area (Å²) in [6.07, 6.45) is 1.41. The van der Waals surface area contributed by atoms with Crippen molar-refractivity contribution in [2.75, 3.05) is 0 Å². The number of nitrogens with zero attached hydrogens (tertiary/aromatic N) is 2. The Labute approximate surface area is 118 Å². The van der Waals surface area contributed by atoms with Crippen molar-refractivity contribution in [3.05, 3.63) is 46.4 Å². The molecule has 0 saturated heterocycles. The van der Waals surface area contributed by atoms with E-state index in [4.69, 9.17) is 16.3 Å². The van der Waals surface area contributed by atoms with Gasteiger partial charge in [-0.05, 0) is 37.0 Å². The summed E-state index contributed by atoms with van der Waals surface area (Å²) in [5.41, 5.74) is 3.05. The molecule has 1 aromatic carbocycles. The number of ether oxygens (including phenoxy) is 1. The van der Waals surface area contributed by atoms with Crippen LogP contribution >= 0.6 is 11.6 Å². The first-order valence-corrected chi connectivity index (χ1v) is 6.62. The molecule has 19 heavy (non-hydrogen) atoms. The second kappa shape index (κ2) is 5.57. The third-order valence-corrected chi connectivity index (χ3v) is 3.44. The maximum absolute atomic E-state index is 5.97. The molecule has 100 valence electrons. The molecule has 1 aromatic heterocycles. The fraction of sp³-hybridized carbons (Fsp3) is 0.333. The van der Waals surface area contributed by atoms with Crippen molar-refractivity contribution in [3.63, 3.8) is 0 Å². The van der Waals surface area contributed by atoms with E-state index in [2.05, 4.69) is 42.0 Å². The van der Waals surface area contributed by atoms with E-state index in [1.807, 2.05) is 13.8 Å². The van der Waals surface area contributed by atoms with Crippen LogP contribution in [0.5, 0.6) is 11.6 Å². The normalized spacial score (nSPS) is 10.8. The molecule has 3 nitrogen and oxygen atoms in total. The zero-order valence-corrected chi connectivity index (χ0v) is 12.3. The molecule has 4 heteroatoms. The zero-order chi connectivity index (χ0) is 14.0. The van der Waals surface area contributed by atoms with Gasteiger partial charge >= 0.3 is 0 Å². The van der Waals surface area contributed by atoms with Crippen LogP contribution in [0.4, 0.5) is 0 Å². The predicted octanol–water partition coefficient (Wildman–Crippen LogP) is 4.66. The SMILES string of the molecule is Cc1ccc(C(C)C)cc1Oc1ncnc(Cl)c1C. The monoisotopic (exact) mass is 276 g/mol. The average Bonchev–Trinajstić information content (AvgIpc) is 2.37. The second-order valence-electron chi connectivity index (χ2n) is 4.88. The minimum Gasteiger partial charge on any atom is -0.438 e. The van der Waals surface area contributed by atoms with Gasteiger partial charge in [0.2, 0.25) is 5.88 Å². The minimum absolute atomic E-state index is 0.419. The highest BCUT2D eigenvalue weighted by molar-refractivity contribution is 6.30. The Hall–Kier alpha value is -1.61. The first-order chi connectivity index (χ1) is 8.99. The van der Waals surface area contributed by atoms with Gasteiger partial charge in [0.25, 0.3) is 0 Å². The molecule has 0 aliphatic carbocycles. The van der Waals surface area contributed by atoms with Crippen LogP contribution in [0.1, 0.15) is 36.5 Å². The Kier molecular flexibility index (Phi) is 4.05. The fourth-order valence-corrected chi connectivity index (χ4v) is 1.83. The summed E-state index contributed by atoms with van der Waals surface area (Å²) >= 11 is 5.97. The highest BCUT2D eigenvalue weighted by Crippen LogP contribution is 2.30. The van der Waals surface area contributed by atoms with Gasteiger partial charge in [-0.15, -0.1) is 0 Å². The van der Waals surface area contributed by atoms with Crippen molar-refractivity contribution in [3.8, 4) is 11.6 Å². The molecule has 1 heterocycles. The highest BCUT2D eigenvalue weighted by atomic mass is 35.5. The maximum atomic E-state index is 5.97. The number of benzene rings is 1. The molecule has 0 radical (unpaired) electrons. The molecule has 0 amide bonds. The lowest BCUT2D eigenvalue weighted by Gasteiger charge is -2.13. The molecule has 0 aliphatic heterocycles. The molecule has 0 bridgehead atoms. The highest BCUT2D eigenvalue weighted by Gasteiger charge is 2.10. The van der Waals surface area contributed by atoms with Gasteiger partial charge in [-0.25, -0.2) is 9.97 Å². The summed E-state index contributed by atoms with van der Waals surface area (Å²) < 4.78 is 5.88. The molecule has 0 spiro atoms. The Balaban J connectivity index is 2.37. The van der Waals surface area contributed by atoms with E-state index in [-0.39, 0.29) is 0 Å². The van der Waals surface area contributed by atoms with E-state index in [0.717, 1.165) is 16.9 Å². The molecule has 0 fully saturated rings. The fourth-order valence-electron chi connectivity index (χ4n) is 1.71. The third-order valence-electron chi connectivity index (χ3n) is 3.06. The van der Waals surface area contributed by atoms with Crippen molar-refractivity contribution in [1.82, 2.24) is 9.97 Å². The lowest BCUT2D eigenvalue weighted by atomic mass is 10.0. The van der Waals surface area contributed by atoms with Gasteiger partial charge in [0, 0.05) is 5.56 Å². The van der Waals surface area contributed by atoms with Gasteiger partial charge in [-0.1, -0.05) is 37.6 Å². The first kappa shape index (κ1) is 13.8. The van der Waals surface area contributed by atoms with Crippen molar-refractivity contribution in [2.45, 2.75) is 33.6 Å². The first-order valence-electron chi connectivity index (χ1n) is 6.24. The summed E-state index contributed by atoms with van der Waals surface area (Å²) in [6, 6.07) is 6.23. The van der Waals surface area contributed by atoms with Crippen molar-refractivity contribution < 1.29 is 4.74 Å². The van der Waals surface area contributed by atoms with Crippen LogP contribution < -0.4 is 4.74 Å². The van der Waals surface area contributed by atoms with E-state index in [1.54, 1.807) is 0 Å². The lowest BCUT2D eigenvalue weighted by molar-refractivity contribution is 0.453. The Bertz CT molecular complexity index is 597. The Morgan fingerprint density at radius 1 is 1.16 bits per heavy atom. The maximum Gasteiger partial charge on any atom is 0.226 e. The van der Waals surface area contributed by atoms with Crippen LogP contribution in [0.3, 0.4) is 0 Å². The van der Waals surface area contributed by atoms with Gasteiger partial charge in [0.05, 0.1) is 0 Å². The van der Waals surface area contributed by atoms with Crippen LogP contribution in [-0.4, -0.2) is 9.97 Å². The van der Waals surface area contributed by atoms with Gasteiger partial charge in [-0.3, -0.25) is 0 Å². The molecular weight excluding hydrogens is 260 g/mol. The lowest BCUT2D eigenvalue weighted by Crippen LogP contribution is -1.97. The van der Waals surface area contributed by atoms with E-state index < -0.39 is 0 Å². The molecule has 0 unspecified atom stereocenters. The smallest absolute Gasteiger partial charge is 0.226 e. The molecule has 2 aromatic rings. The minimum atomic E-state index is 0.419. The van der Waals surface area contributed by atoms with Gasteiger partial charge in [-0.2, -0.15) is 0 Å². The van der Waals surface area contributed by atoms with Crippen molar-refractivity contribution in [1.29, 1.82) is 0 Å². The van der Waals surface area contributed by atoms with E-state index >= 15 is 0 Å². The van der Waals surface area contributed by atoms with Crippen molar-refractivity contribution in [2.24, 2.45) is 0 Å². The quantitative estimate of drug-likeness (QED) is 0.765. The van der Waals surface area contributed by atoms with Crippen LogP contribution in [0.25, 0.3) is 0 Å². The Morgan fingerprint density at radius 2 is 1.89 bits per heavy atom. The van der Waals surface area contributed by atoms with Gasteiger partial charge in [0.1, 0.15) is 17.2 Å².